The van der Waals surface area contributed by atoms with Gasteiger partial charge < -0.3 is 5.32 Å². The van der Waals surface area contributed by atoms with Gasteiger partial charge >= 0.3 is 0 Å². The first kappa shape index (κ1) is 11.4. The van der Waals surface area contributed by atoms with E-state index in [9.17, 15) is 8.78 Å². The minimum Gasteiger partial charge on any atom is -0.380 e. The Bertz CT molecular complexity index is 363. The summed E-state index contributed by atoms with van der Waals surface area (Å²) in [6, 6.07) is 2.32. The molecular weight excluding hydrogens is 299 g/mol. The van der Waals surface area contributed by atoms with Crippen molar-refractivity contribution in [3.05, 3.63) is 39.5 Å². The highest BCUT2D eigenvalue weighted by molar-refractivity contribution is 14.1. The van der Waals surface area contributed by atoms with Gasteiger partial charge in [0.2, 0.25) is 0 Å². The molecule has 14 heavy (non-hydrogen) atoms. The summed E-state index contributed by atoms with van der Waals surface area (Å²) in [6.07, 6.45) is 0. The molecule has 0 fully saturated rings. The normalized spacial score (nSPS) is 10.0. The molecule has 0 atom stereocenters. The van der Waals surface area contributed by atoms with Crippen LogP contribution in [0.25, 0.3) is 0 Å². The van der Waals surface area contributed by atoms with Crippen LogP contribution < -0.4 is 5.32 Å². The van der Waals surface area contributed by atoms with E-state index in [0.717, 1.165) is 17.7 Å². The molecule has 1 N–H and O–H groups in total. The van der Waals surface area contributed by atoms with Crippen LogP contribution in [0.4, 0.5) is 14.5 Å². The molecule has 0 aliphatic heterocycles. The molecule has 0 radical (unpaired) electrons. The van der Waals surface area contributed by atoms with E-state index in [-0.39, 0.29) is 0 Å². The van der Waals surface area contributed by atoms with Crippen molar-refractivity contribution >= 4 is 28.3 Å². The second-order valence-electron chi connectivity index (χ2n) is 3.06. The number of rotatable bonds is 3. The monoisotopic (exact) mass is 309 g/mol. The van der Waals surface area contributed by atoms with E-state index in [1.54, 1.807) is 0 Å². The minimum absolute atomic E-state index is 0.557. The maximum absolute atomic E-state index is 12.8. The number of hydrogen-bond acceptors (Lipinski definition) is 1. The molecule has 0 aliphatic rings. The molecule has 0 bridgehead atoms. The maximum atomic E-state index is 12.8. The molecule has 0 aliphatic carbocycles. The molecule has 0 spiro atoms. The largest absolute Gasteiger partial charge is 0.380 e. The number of anilines is 1. The summed E-state index contributed by atoms with van der Waals surface area (Å²) in [5.41, 5.74) is 1.53. The van der Waals surface area contributed by atoms with Gasteiger partial charge in [-0.25, -0.2) is 8.78 Å². The molecule has 0 saturated carbocycles. The second-order valence-corrected chi connectivity index (χ2v) is 4.22. The fraction of sp³-hybridized carbons (Fsp3) is 0.200. The molecule has 1 rings (SSSR count). The van der Waals surface area contributed by atoms with Gasteiger partial charge in [-0.1, -0.05) is 12.2 Å². The Hall–Kier alpha value is -0.650. The molecule has 4 heteroatoms. The number of hydrogen-bond donors (Lipinski definition) is 1. The van der Waals surface area contributed by atoms with Crippen molar-refractivity contribution in [1.82, 2.24) is 0 Å². The molecule has 0 saturated heterocycles. The van der Waals surface area contributed by atoms with Crippen LogP contribution in [0.3, 0.4) is 0 Å². The zero-order valence-corrected chi connectivity index (χ0v) is 9.86. The van der Waals surface area contributed by atoms with E-state index in [4.69, 9.17) is 0 Å². The number of benzene rings is 1. The van der Waals surface area contributed by atoms with Gasteiger partial charge in [-0.2, -0.15) is 0 Å². The third-order valence-electron chi connectivity index (χ3n) is 1.59. The molecule has 1 aromatic rings. The Morgan fingerprint density at radius 3 is 2.57 bits per heavy atom. The lowest BCUT2D eigenvalue weighted by Crippen LogP contribution is -2.04. The summed E-state index contributed by atoms with van der Waals surface area (Å²) in [5, 5.41) is 2.97. The average Bonchev–Trinajstić information content (AvgIpc) is 2.09. The van der Waals surface area contributed by atoms with E-state index in [2.05, 4.69) is 11.9 Å². The van der Waals surface area contributed by atoms with Crippen molar-refractivity contribution in [2.24, 2.45) is 0 Å². The van der Waals surface area contributed by atoms with Gasteiger partial charge in [0.15, 0.2) is 11.6 Å². The van der Waals surface area contributed by atoms with E-state index in [1.807, 2.05) is 29.5 Å². The van der Waals surface area contributed by atoms with Gasteiger partial charge in [0.1, 0.15) is 0 Å². The first-order chi connectivity index (χ1) is 6.50. The maximum Gasteiger partial charge on any atom is 0.160 e. The Morgan fingerprint density at radius 1 is 1.43 bits per heavy atom. The highest BCUT2D eigenvalue weighted by Crippen LogP contribution is 2.21. The van der Waals surface area contributed by atoms with Crippen LogP contribution in [0.1, 0.15) is 6.92 Å². The van der Waals surface area contributed by atoms with Crippen LogP contribution in [0.5, 0.6) is 0 Å². The van der Waals surface area contributed by atoms with Gasteiger partial charge in [-0.3, -0.25) is 0 Å². The molecule has 0 aromatic heterocycles. The summed E-state index contributed by atoms with van der Waals surface area (Å²) in [6.45, 7) is 6.12. The van der Waals surface area contributed by atoms with Crippen LogP contribution >= 0.6 is 22.6 Å². The lowest BCUT2D eigenvalue weighted by molar-refractivity contribution is 0.508. The first-order valence-corrected chi connectivity index (χ1v) is 5.11. The van der Waals surface area contributed by atoms with Crippen molar-refractivity contribution < 1.29 is 8.78 Å². The Labute approximate surface area is 95.3 Å². The molecular formula is C10H10F2IN. The van der Waals surface area contributed by atoms with Crippen molar-refractivity contribution in [1.29, 1.82) is 0 Å². The minimum atomic E-state index is -0.838. The fourth-order valence-corrected chi connectivity index (χ4v) is 1.52. The lowest BCUT2D eigenvalue weighted by atomic mass is 10.3. The standard InChI is InChI=1S/C10H10F2IN/c1-6(2)5-14-10-4-8(12)7(11)3-9(10)13/h3-4,14H,1,5H2,2H3. The second kappa shape index (κ2) is 4.72. The Balaban J connectivity index is 2.87. The van der Waals surface area contributed by atoms with Crippen molar-refractivity contribution in [2.75, 3.05) is 11.9 Å². The van der Waals surface area contributed by atoms with Crippen molar-refractivity contribution in [3.8, 4) is 0 Å². The van der Waals surface area contributed by atoms with E-state index in [1.165, 1.54) is 0 Å². The van der Waals surface area contributed by atoms with Crippen LogP contribution in [-0.2, 0) is 0 Å². The third kappa shape index (κ3) is 2.94. The Morgan fingerprint density at radius 2 is 2.00 bits per heavy atom. The summed E-state index contributed by atoms with van der Waals surface area (Å²) in [7, 11) is 0. The topological polar surface area (TPSA) is 12.0 Å². The van der Waals surface area contributed by atoms with Crippen LogP contribution in [0.15, 0.2) is 24.3 Å². The van der Waals surface area contributed by atoms with E-state index < -0.39 is 11.6 Å². The van der Waals surface area contributed by atoms with Crippen LogP contribution in [0, 0.1) is 15.2 Å². The summed E-state index contributed by atoms with van der Waals surface area (Å²) < 4.78 is 26.2. The molecule has 0 amide bonds. The third-order valence-corrected chi connectivity index (χ3v) is 2.48. The predicted octanol–water partition coefficient (Wildman–Crippen LogP) is 3.56. The predicted molar refractivity (Wildman–Crippen MR) is 62.4 cm³/mol. The van der Waals surface area contributed by atoms with E-state index >= 15 is 0 Å². The van der Waals surface area contributed by atoms with Gasteiger partial charge in [0.25, 0.3) is 0 Å². The smallest absolute Gasteiger partial charge is 0.160 e. The number of halogens is 3. The van der Waals surface area contributed by atoms with E-state index in [0.29, 0.717) is 15.8 Å². The SMILES string of the molecule is C=C(C)CNc1cc(F)c(F)cc1I. The Kier molecular flexibility index (Phi) is 3.86. The zero-order chi connectivity index (χ0) is 10.7. The molecule has 76 valence electrons. The summed E-state index contributed by atoms with van der Waals surface area (Å²) in [5.74, 6) is -1.66. The van der Waals surface area contributed by atoms with Crippen molar-refractivity contribution in [3.63, 3.8) is 0 Å². The van der Waals surface area contributed by atoms with Crippen LogP contribution in [0.2, 0.25) is 0 Å². The quantitative estimate of drug-likeness (QED) is 0.511. The van der Waals surface area contributed by atoms with Gasteiger partial charge in [-0.15, -0.1) is 0 Å². The summed E-state index contributed by atoms with van der Waals surface area (Å²) >= 11 is 1.95. The van der Waals surface area contributed by atoms with Gasteiger partial charge in [-0.05, 0) is 35.6 Å². The summed E-state index contributed by atoms with van der Waals surface area (Å²) in [4.78, 5) is 0. The zero-order valence-electron chi connectivity index (χ0n) is 7.70. The molecule has 0 heterocycles. The number of nitrogens with one attached hydrogen (secondary N) is 1. The lowest BCUT2D eigenvalue weighted by Gasteiger charge is -2.08. The molecule has 1 aromatic carbocycles. The van der Waals surface area contributed by atoms with Crippen LogP contribution in [-0.4, -0.2) is 6.54 Å². The first-order valence-electron chi connectivity index (χ1n) is 4.03. The molecule has 1 nitrogen and oxygen atoms in total. The van der Waals surface area contributed by atoms with Crippen molar-refractivity contribution in [2.45, 2.75) is 6.92 Å². The highest BCUT2D eigenvalue weighted by atomic mass is 127. The van der Waals surface area contributed by atoms with Gasteiger partial charge in [0.05, 0.1) is 5.69 Å². The molecule has 0 unspecified atom stereocenters. The average molecular weight is 309 g/mol. The fourth-order valence-electron chi connectivity index (χ4n) is 0.904. The van der Waals surface area contributed by atoms with Gasteiger partial charge in [0, 0.05) is 16.2 Å². The highest BCUT2D eigenvalue weighted by Gasteiger charge is 2.06.